The van der Waals surface area contributed by atoms with Gasteiger partial charge in [-0.25, -0.2) is 0 Å². The number of nitrogens with one attached hydrogen (secondary N) is 4. The van der Waals surface area contributed by atoms with Crippen molar-refractivity contribution in [3.63, 3.8) is 0 Å². The average Bonchev–Trinajstić information content (AvgIpc) is 3.18. The van der Waals surface area contributed by atoms with E-state index < -0.39 is 6.04 Å². The molecule has 2 aliphatic heterocycles. The largest absolute Gasteiger partial charge is 0.497 e. The maximum absolute atomic E-state index is 12.7. The molecule has 10 heteroatoms. The summed E-state index contributed by atoms with van der Waals surface area (Å²) in [5, 5.41) is 11.2. The van der Waals surface area contributed by atoms with Crippen molar-refractivity contribution in [1.82, 2.24) is 21.3 Å². The summed E-state index contributed by atoms with van der Waals surface area (Å²) in [4.78, 5) is 48.9. The van der Waals surface area contributed by atoms with Crippen LogP contribution in [0.2, 0.25) is 0 Å². The van der Waals surface area contributed by atoms with Crippen LogP contribution in [0.25, 0.3) is 0 Å². The lowest BCUT2D eigenvalue weighted by Gasteiger charge is -2.20. The van der Waals surface area contributed by atoms with Crippen LogP contribution in [-0.4, -0.2) is 62.5 Å². The van der Waals surface area contributed by atoms with E-state index in [0.717, 1.165) is 0 Å². The third kappa shape index (κ3) is 6.60. The number of amides is 4. The van der Waals surface area contributed by atoms with Gasteiger partial charge in [-0.1, -0.05) is 0 Å². The topological polar surface area (TPSA) is 135 Å². The van der Waals surface area contributed by atoms with Gasteiger partial charge in [-0.3, -0.25) is 19.2 Å². The Hall–Kier alpha value is -3.30. The van der Waals surface area contributed by atoms with Crippen LogP contribution in [0.1, 0.15) is 48.9 Å². The molecule has 2 atom stereocenters. The van der Waals surface area contributed by atoms with Crippen molar-refractivity contribution in [2.24, 2.45) is 0 Å². The zero-order valence-corrected chi connectivity index (χ0v) is 18.2. The van der Waals surface area contributed by atoms with Gasteiger partial charge in [0.05, 0.1) is 19.2 Å². The summed E-state index contributed by atoms with van der Waals surface area (Å²) in [6, 6.07) is 4.09. The molecule has 0 radical (unpaired) electrons. The summed E-state index contributed by atoms with van der Waals surface area (Å²) in [5.74, 6) is 0.0694. The van der Waals surface area contributed by atoms with Gasteiger partial charge in [0.25, 0.3) is 5.91 Å². The molecule has 0 unspecified atom stereocenters. The first-order valence-electron chi connectivity index (χ1n) is 10.9. The zero-order chi connectivity index (χ0) is 22.9. The van der Waals surface area contributed by atoms with E-state index in [1.54, 1.807) is 18.2 Å². The third-order valence-electron chi connectivity index (χ3n) is 5.47. The number of ether oxygens (including phenoxy) is 2. The molecular weight excluding hydrogens is 416 g/mol. The van der Waals surface area contributed by atoms with Crippen LogP contribution < -0.4 is 30.7 Å². The van der Waals surface area contributed by atoms with Crippen LogP contribution in [0.3, 0.4) is 0 Å². The van der Waals surface area contributed by atoms with Gasteiger partial charge in [0.2, 0.25) is 17.7 Å². The van der Waals surface area contributed by atoms with E-state index in [1.165, 1.54) is 7.11 Å². The minimum absolute atomic E-state index is 0.0558. The number of benzene rings is 1. The van der Waals surface area contributed by atoms with Crippen LogP contribution in [0.5, 0.6) is 11.5 Å². The predicted octanol–water partition coefficient (Wildman–Crippen LogP) is 0.257. The number of carbonyl (C=O) groups is 4. The van der Waals surface area contributed by atoms with E-state index in [2.05, 4.69) is 21.3 Å². The molecule has 2 heterocycles. The smallest absolute Gasteiger partial charge is 0.255 e. The first-order valence-corrected chi connectivity index (χ1v) is 10.9. The molecule has 174 valence electrons. The fourth-order valence-corrected chi connectivity index (χ4v) is 3.74. The summed E-state index contributed by atoms with van der Waals surface area (Å²) in [6.45, 7) is 0.789. The Kier molecular flexibility index (Phi) is 8.29. The van der Waals surface area contributed by atoms with Gasteiger partial charge in [0.1, 0.15) is 24.1 Å². The lowest BCUT2D eigenvalue weighted by Crippen LogP contribution is -2.48. The van der Waals surface area contributed by atoms with Gasteiger partial charge in [-0.15, -0.1) is 0 Å². The molecular formula is C22H30N4O6. The van der Waals surface area contributed by atoms with Gasteiger partial charge in [-0.05, 0) is 37.8 Å². The molecule has 4 N–H and O–H groups in total. The summed E-state index contributed by atoms with van der Waals surface area (Å²) in [7, 11) is 1.53. The second-order valence-corrected chi connectivity index (χ2v) is 7.88. The molecule has 3 rings (SSSR count). The van der Waals surface area contributed by atoms with Gasteiger partial charge in [0, 0.05) is 31.5 Å². The molecule has 0 aliphatic carbocycles. The van der Waals surface area contributed by atoms with Crippen molar-refractivity contribution in [3.8, 4) is 11.5 Å². The molecule has 0 bridgehead atoms. The Bertz CT molecular complexity index is 859. The number of fused-ring (bicyclic) bond motifs is 1. The number of rotatable bonds is 4. The van der Waals surface area contributed by atoms with Gasteiger partial charge in [-0.2, -0.15) is 0 Å². The molecule has 1 aromatic rings. The summed E-state index contributed by atoms with van der Waals surface area (Å²) >= 11 is 0. The summed E-state index contributed by atoms with van der Waals surface area (Å²) < 4.78 is 10.9. The third-order valence-corrected chi connectivity index (χ3v) is 5.47. The highest BCUT2D eigenvalue weighted by Crippen LogP contribution is 2.25. The van der Waals surface area contributed by atoms with E-state index >= 15 is 0 Å². The molecule has 32 heavy (non-hydrogen) atoms. The predicted molar refractivity (Wildman–Crippen MR) is 115 cm³/mol. The normalized spacial score (nSPS) is 22.3. The Morgan fingerprint density at radius 1 is 1.16 bits per heavy atom. The first kappa shape index (κ1) is 23.4. The highest BCUT2D eigenvalue weighted by molar-refractivity contribution is 5.97. The van der Waals surface area contributed by atoms with Crippen molar-refractivity contribution in [1.29, 1.82) is 0 Å². The van der Waals surface area contributed by atoms with E-state index in [1.807, 2.05) is 0 Å². The lowest BCUT2D eigenvalue weighted by atomic mass is 10.1. The highest BCUT2D eigenvalue weighted by Gasteiger charge is 2.26. The second kappa shape index (κ2) is 11.4. The molecule has 4 amide bonds. The van der Waals surface area contributed by atoms with E-state index in [9.17, 15) is 19.2 Å². The van der Waals surface area contributed by atoms with Crippen molar-refractivity contribution in [2.75, 3.05) is 26.8 Å². The molecule has 10 nitrogen and oxygen atoms in total. The second-order valence-electron chi connectivity index (χ2n) is 7.88. The Balaban J connectivity index is 1.60. The molecule has 0 saturated carbocycles. The highest BCUT2D eigenvalue weighted by atomic mass is 16.5. The molecule has 0 spiro atoms. The molecule has 0 aromatic heterocycles. The van der Waals surface area contributed by atoms with E-state index in [-0.39, 0.29) is 49.2 Å². The fourth-order valence-electron chi connectivity index (χ4n) is 3.74. The Labute approximate surface area is 186 Å². The minimum Gasteiger partial charge on any atom is -0.497 e. The summed E-state index contributed by atoms with van der Waals surface area (Å²) in [5.41, 5.74) is 0.401. The molecule has 2 aliphatic rings. The monoisotopic (exact) mass is 446 g/mol. The van der Waals surface area contributed by atoms with Crippen LogP contribution >= 0.6 is 0 Å². The number of methoxy groups -OCH3 is 1. The van der Waals surface area contributed by atoms with Gasteiger partial charge < -0.3 is 30.7 Å². The molecule has 1 fully saturated rings. The van der Waals surface area contributed by atoms with Crippen LogP contribution in [0, 0.1) is 0 Å². The fraction of sp³-hybridized carbons (Fsp3) is 0.545. The van der Waals surface area contributed by atoms with Crippen molar-refractivity contribution < 1.29 is 28.7 Å². The van der Waals surface area contributed by atoms with Crippen molar-refractivity contribution in [3.05, 3.63) is 23.8 Å². The summed E-state index contributed by atoms with van der Waals surface area (Å²) in [6.07, 6.45) is 2.92. The zero-order valence-electron chi connectivity index (χ0n) is 18.2. The SMILES string of the molecule is COc1ccc2c(c1)OCCNC(=O)[C@@H](NC(=O)C[C@H]1CCC(=O)N1)CCCCNC2=O. The molecule has 1 saturated heterocycles. The van der Waals surface area contributed by atoms with Crippen LogP contribution in [-0.2, 0) is 14.4 Å². The first-order chi connectivity index (χ1) is 15.5. The van der Waals surface area contributed by atoms with Crippen LogP contribution in [0.4, 0.5) is 0 Å². The lowest BCUT2D eigenvalue weighted by molar-refractivity contribution is -0.129. The maximum atomic E-state index is 12.7. The number of carbonyl (C=O) groups excluding carboxylic acids is 4. The van der Waals surface area contributed by atoms with Gasteiger partial charge in [0.15, 0.2) is 0 Å². The van der Waals surface area contributed by atoms with Crippen molar-refractivity contribution >= 4 is 23.6 Å². The van der Waals surface area contributed by atoms with E-state index in [0.29, 0.717) is 55.7 Å². The van der Waals surface area contributed by atoms with Crippen LogP contribution in [0.15, 0.2) is 18.2 Å². The van der Waals surface area contributed by atoms with Gasteiger partial charge >= 0.3 is 0 Å². The number of hydrogen-bond donors (Lipinski definition) is 4. The maximum Gasteiger partial charge on any atom is 0.255 e. The van der Waals surface area contributed by atoms with Crippen molar-refractivity contribution in [2.45, 2.75) is 50.6 Å². The number of hydrogen-bond acceptors (Lipinski definition) is 6. The molecule has 1 aromatic carbocycles. The Morgan fingerprint density at radius 3 is 2.75 bits per heavy atom. The standard InChI is InChI=1S/C22H30N4O6/c1-31-15-6-7-16-18(13-15)32-11-10-24-22(30)17(4-2-3-9-23-21(16)29)26-20(28)12-14-5-8-19(27)25-14/h6-7,13-14,17H,2-5,8-12H2,1H3,(H,23,29)(H,24,30)(H,25,27)(H,26,28)/t14-,17+/m1/s1. The van der Waals surface area contributed by atoms with E-state index in [4.69, 9.17) is 9.47 Å². The minimum atomic E-state index is -0.689. The quantitative estimate of drug-likeness (QED) is 0.524. The average molecular weight is 447 g/mol. The Morgan fingerprint density at radius 2 is 2.00 bits per heavy atom.